The number of para-hydroxylation sites is 1. The summed E-state index contributed by atoms with van der Waals surface area (Å²) in [6.45, 7) is 9.94. The number of anilines is 2. The average molecular weight is 312 g/mol. The van der Waals surface area contributed by atoms with Crippen molar-refractivity contribution in [2.24, 2.45) is 0 Å². The van der Waals surface area contributed by atoms with Gasteiger partial charge in [0.25, 0.3) is 0 Å². The monoisotopic (exact) mass is 312 g/mol. The van der Waals surface area contributed by atoms with Crippen LogP contribution in [-0.4, -0.2) is 16.3 Å². The summed E-state index contributed by atoms with van der Waals surface area (Å²) in [5.41, 5.74) is 4.01. The second-order valence-corrected chi connectivity index (χ2v) is 8.81. The molecule has 1 aliphatic heterocycles. The van der Waals surface area contributed by atoms with Crippen molar-refractivity contribution in [3.63, 3.8) is 0 Å². The molecule has 0 amide bonds. The Kier molecular flexibility index (Phi) is 4.18. The van der Waals surface area contributed by atoms with E-state index in [4.69, 9.17) is 4.98 Å². The van der Waals surface area contributed by atoms with E-state index in [1.165, 1.54) is 34.6 Å². The van der Waals surface area contributed by atoms with Gasteiger partial charge in [0.1, 0.15) is 5.82 Å². The molecule has 116 valence electrons. The number of fused-ring (bicyclic) bond motifs is 1. The number of rotatable bonds is 2. The second kappa shape index (κ2) is 5.96. The minimum absolute atomic E-state index is 0.216. The number of aromatic nitrogens is 1. The van der Waals surface area contributed by atoms with E-state index in [1.807, 2.05) is 18.0 Å². The van der Waals surface area contributed by atoms with Gasteiger partial charge in [0.2, 0.25) is 0 Å². The Hall–Kier alpha value is -1.48. The molecule has 0 saturated heterocycles. The summed E-state index contributed by atoms with van der Waals surface area (Å²) in [4.78, 5) is 8.41. The maximum Gasteiger partial charge on any atom is 0.135 e. The van der Waals surface area contributed by atoms with Gasteiger partial charge in [-0.3, -0.25) is 0 Å². The van der Waals surface area contributed by atoms with Crippen molar-refractivity contribution in [3.8, 4) is 0 Å². The third-order valence-corrected chi connectivity index (χ3v) is 4.89. The van der Waals surface area contributed by atoms with Crippen molar-refractivity contribution in [2.45, 2.75) is 50.2 Å². The molecule has 0 bridgehead atoms. The third-order valence-electron chi connectivity index (χ3n) is 3.82. The molecule has 0 radical (unpaired) electrons. The van der Waals surface area contributed by atoms with E-state index in [2.05, 4.69) is 62.9 Å². The average Bonchev–Trinajstić information content (AvgIpc) is 2.45. The first-order valence-electron chi connectivity index (χ1n) is 7.95. The maximum absolute atomic E-state index is 4.79. The summed E-state index contributed by atoms with van der Waals surface area (Å²) < 4.78 is 0.216. The van der Waals surface area contributed by atoms with Crippen LogP contribution in [-0.2, 0) is 6.42 Å². The Morgan fingerprint density at radius 3 is 2.68 bits per heavy atom. The van der Waals surface area contributed by atoms with E-state index < -0.39 is 0 Å². The van der Waals surface area contributed by atoms with E-state index in [0.717, 1.165) is 12.4 Å². The highest BCUT2D eigenvalue weighted by Crippen LogP contribution is 2.37. The highest BCUT2D eigenvalue weighted by atomic mass is 32.2. The van der Waals surface area contributed by atoms with Crippen LogP contribution in [0.3, 0.4) is 0 Å². The minimum atomic E-state index is 0.216. The lowest BCUT2D eigenvalue weighted by molar-refractivity contribution is 0.756. The first kappa shape index (κ1) is 15.4. The van der Waals surface area contributed by atoms with Gasteiger partial charge in [-0.25, -0.2) is 4.98 Å². The number of benzene rings is 1. The van der Waals surface area contributed by atoms with Crippen LogP contribution >= 0.6 is 11.8 Å². The highest BCUT2D eigenvalue weighted by molar-refractivity contribution is 8.00. The van der Waals surface area contributed by atoms with E-state index in [1.54, 1.807) is 0 Å². The predicted octanol–water partition coefficient (Wildman–Crippen LogP) is 5.36. The van der Waals surface area contributed by atoms with Gasteiger partial charge in [-0.1, -0.05) is 39.0 Å². The maximum atomic E-state index is 4.79. The number of hydrogen-bond donors (Lipinski definition) is 0. The molecule has 2 aromatic rings. The molecule has 2 heterocycles. The van der Waals surface area contributed by atoms with E-state index in [0.29, 0.717) is 0 Å². The summed E-state index contributed by atoms with van der Waals surface area (Å²) in [6, 6.07) is 11.0. The van der Waals surface area contributed by atoms with Gasteiger partial charge >= 0.3 is 0 Å². The standard InChI is InChI=1S/C19H24N2S/c1-14-12-16(22-19(2,3)4)13-20-18(14)21-11-7-9-15-8-5-6-10-17(15)21/h5-6,8,10,12-13H,7,9,11H2,1-4H3. The fraction of sp³-hybridized carbons (Fsp3) is 0.421. The van der Waals surface area contributed by atoms with Crippen molar-refractivity contribution in [1.29, 1.82) is 0 Å². The van der Waals surface area contributed by atoms with Crippen LogP contribution in [0.5, 0.6) is 0 Å². The quantitative estimate of drug-likeness (QED) is 0.694. The topological polar surface area (TPSA) is 16.1 Å². The van der Waals surface area contributed by atoms with Gasteiger partial charge in [0.15, 0.2) is 0 Å². The zero-order valence-corrected chi connectivity index (χ0v) is 14.7. The molecular formula is C19H24N2S. The summed E-state index contributed by atoms with van der Waals surface area (Å²) >= 11 is 1.87. The van der Waals surface area contributed by atoms with Crippen molar-refractivity contribution in [3.05, 3.63) is 47.7 Å². The molecule has 1 aromatic heterocycles. The summed E-state index contributed by atoms with van der Waals surface area (Å²) in [6.07, 6.45) is 4.38. The van der Waals surface area contributed by atoms with Crippen LogP contribution in [0.15, 0.2) is 41.4 Å². The fourth-order valence-corrected chi connectivity index (χ4v) is 4.04. The van der Waals surface area contributed by atoms with Crippen molar-refractivity contribution in [2.75, 3.05) is 11.4 Å². The Labute approximate surface area is 138 Å². The lowest BCUT2D eigenvalue weighted by Crippen LogP contribution is -2.26. The molecule has 22 heavy (non-hydrogen) atoms. The molecule has 0 spiro atoms. The van der Waals surface area contributed by atoms with Crippen LogP contribution in [0.2, 0.25) is 0 Å². The van der Waals surface area contributed by atoms with Gasteiger partial charge < -0.3 is 4.90 Å². The van der Waals surface area contributed by atoms with Gasteiger partial charge in [-0.15, -0.1) is 11.8 Å². The molecule has 1 aromatic carbocycles. The van der Waals surface area contributed by atoms with E-state index >= 15 is 0 Å². The summed E-state index contributed by atoms with van der Waals surface area (Å²) in [5.74, 6) is 1.10. The lowest BCUT2D eigenvalue weighted by Gasteiger charge is -2.31. The molecule has 0 atom stereocenters. The molecule has 2 nitrogen and oxygen atoms in total. The number of pyridine rings is 1. The third kappa shape index (κ3) is 3.30. The molecule has 3 heteroatoms. The molecule has 0 fully saturated rings. The largest absolute Gasteiger partial charge is 0.326 e. The van der Waals surface area contributed by atoms with Crippen LogP contribution in [0.1, 0.15) is 38.3 Å². The van der Waals surface area contributed by atoms with Crippen molar-refractivity contribution in [1.82, 2.24) is 4.98 Å². The van der Waals surface area contributed by atoms with Gasteiger partial charge in [-0.2, -0.15) is 0 Å². The second-order valence-electron chi connectivity index (χ2n) is 6.91. The SMILES string of the molecule is Cc1cc(SC(C)(C)C)cnc1N1CCCc2ccccc21. The summed E-state index contributed by atoms with van der Waals surface area (Å²) in [7, 11) is 0. The lowest BCUT2D eigenvalue weighted by atomic mass is 10.0. The first-order valence-corrected chi connectivity index (χ1v) is 8.77. The van der Waals surface area contributed by atoms with Gasteiger partial charge in [-0.05, 0) is 43.0 Å². The van der Waals surface area contributed by atoms with Crippen molar-refractivity contribution >= 4 is 23.3 Å². The summed E-state index contributed by atoms with van der Waals surface area (Å²) in [5, 5.41) is 0. The number of hydrogen-bond acceptors (Lipinski definition) is 3. The predicted molar refractivity (Wildman–Crippen MR) is 96.4 cm³/mol. The van der Waals surface area contributed by atoms with Crippen LogP contribution < -0.4 is 4.90 Å². The number of nitrogens with zero attached hydrogens (tertiary/aromatic N) is 2. The Morgan fingerprint density at radius 1 is 1.18 bits per heavy atom. The van der Waals surface area contributed by atoms with E-state index in [9.17, 15) is 0 Å². The smallest absolute Gasteiger partial charge is 0.135 e. The van der Waals surface area contributed by atoms with Crippen LogP contribution in [0.4, 0.5) is 11.5 Å². The molecule has 1 aliphatic rings. The van der Waals surface area contributed by atoms with Crippen LogP contribution in [0, 0.1) is 6.92 Å². The number of aryl methyl sites for hydroxylation is 2. The minimum Gasteiger partial charge on any atom is -0.326 e. The molecule has 3 rings (SSSR count). The fourth-order valence-electron chi connectivity index (χ4n) is 2.99. The molecule has 0 saturated carbocycles. The normalized spacial score (nSPS) is 14.8. The zero-order valence-electron chi connectivity index (χ0n) is 13.9. The van der Waals surface area contributed by atoms with Gasteiger partial charge in [0.05, 0.1) is 0 Å². The Bertz CT molecular complexity index is 673. The Morgan fingerprint density at radius 2 is 1.95 bits per heavy atom. The first-order chi connectivity index (χ1) is 10.4. The number of thioether (sulfide) groups is 1. The Balaban J connectivity index is 1.93. The van der Waals surface area contributed by atoms with Crippen molar-refractivity contribution < 1.29 is 0 Å². The molecule has 0 N–H and O–H groups in total. The van der Waals surface area contributed by atoms with E-state index in [-0.39, 0.29) is 4.75 Å². The molecule has 0 aliphatic carbocycles. The van der Waals surface area contributed by atoms with Crippen LogP contribution in [0.25, 0.3) is 0 Å². The molecular weight excluding hydrogens is 288 g/mol. The molecule has 0 unspecified atom stereocenters. The van der Waals surface area contributed by atoms with Gasteiger partial charge in [0, 0.05) is 28.1 Å². The highest BCUT2D eigenvalue weighted by Gasteiger charge is 2.21. The zero-order chi connectivity index (χ0) is 15.7.